The van der Waals surface area contributed by atoms with E-state index in [1.165, 1.54) is 6.33 Å². The van der Waals surface area contributed by atoms with Gasteiger partial charge >= 0.3 is 6.09 Å². The van der Waals surface area contributed by atoms with Gasteiger partial charge in [-0.05, 0) is 40.8 Å². The molecule has 42 heavy (non-hydrogen) atoms. The van der Waals surface area contributed by atoms with E-state index in [0.717, 1.165) is 27.2 Å². The lowest BCUT2D eigenvalue weighted by atomic mass is 9.87. The van der Waals surface area contributed by atoms with Gasteiger partial charge in [0.05, 0.1) is 30.8 Å². The molecule has 212 valence electrons. The van der Waals surface area contributed by atoms with Crippen molar-refractivity contribution in [3.05, 3.63) is 114 Å². The van der Waals surface area contributed by atoms with Gasteiger partial charge in [-0.25, -0.2) is 14.8 Å². The molecule has 5 aromatic rings. The fourth-order valence-corrected chi connectivity index (χ4v) is 5.98. The topological polar surface area (TPSA) is 152 Å². The van der Waals surface area contributed by atoms with Crippen LogP contribution in [0, 0.1) is 0 Å². The maximum atomic E-state index is 12.9. The number of aliphatic hydroxyl groups is 2. The molecular weight excluding hydrogens is 534 g/mol. The van der Waals surface area contributed by atoms with Crippen LogP contribution in [0.5, 0.6) is 0 Å². The molecule has 10 nitrogen and oxygen atoms in total. The maximum absolute atomic E-state index is 12.9. The van der Waals surface area contributed by atoms with Crippen molar-refractivity contribution in [1.82, 2.24) is 19.9 Å². The second-order valence-corrected chi connectivity index (χ2v) is 10.2. The molecule has 0 radical (unpaired) electrons. The van der Waals surface area contributed by atoms with Crippen molar-refractivity contribution in [2.75, 3.05) is 18.5 Å². The van der Waals surface area contributed by atoms with Crippen LogP contribution in [-0.4, -0.2) is 66.4 Å². The minimum Gasteiger partial charge on any atom is -0.465 e. The quantitative estimate of drug-likeness (QED) is 0.173. The average molecular weight is 564 g/mol. The molecule has 2 aromatic heterocycles. The molecule has 6 rings (SSSR count). The zero-order valence-electron chi connectivity index (χ0n) is 22.5. The van der Waals surface area contributed by atoms with E-state index in [1.807, 2.05) is 42.5 Å². The average Bonchev–Trinajstić information content (AvgIpc) is 3.59. The van der Waals surface area contributed by atoms with E-state index >= 15 is 0 Å². The Kier molecular flexibility index (Phi) is 7.39. The summed E-state index contributed by atoms with van der Waals surface area (Å²) in [6, 6.07) is 22.9. The zero-order valence-corrected chi connectivity index (χ0v) is 22.5. The highest BCUT2D eigenvalue weighted by Crippen LogP contribution is 2.49. The van der Waals surface area contributed by atoms with Gasteiger partial charge in [0.1, 0.15) is 11.8 Å². The first-order valence-corrected chi connectivity index (χ1v) is 13.6. The molecule has 10 heteroatoms. The van der Waals surface area contributed by atoms with E-state index in [4.69, 9.17) is 0 Å². The number of H-pyrrole nitrogens is 1. The molecule has 2 heterocycles. The Hall–Kier alpha value is -5.06. The van der Waals surface area contributed by atoms with E-state index in [0.29, 0.717) is 28.6 Å². The molecule has 1 unspecified atom stereocenters. The molecule has 2 amide bonds. The van der Waals surface area contributed by atoms with Gasteiger partial charge in [0.15, 0.2) is 5.82 Å². The number of aliphatic hydroxyl groups excluding tert-OH is 2. The minimum atomic E-state index is -1.28. The van der Waals surface area contributed by atoms with Crippen LogP contribution in [0.15, 0.2) is 91.4 Å². The van der Waals surface area contributed by atoms with Gasteiger partial charge in [0.25, 0.3) is 5.91 Å². The summed E-state index contributed by atoms with van der Waals surface area (Å²) in [7, 11) is 0. The van der Waals surface area contributed by atoms with Crippen molar-refractivity contribution >= 4 is 28.9 Å². The number of carbonyl (C=O) groups excluding carboxylic acids is 1. The second-order valence-electron chi connectivity index (χ2n) is 10.2. The molecular formula is C32H29N5O5. The summed E-state index contributed by atoms with van der Waals surface area (Å²) in [5, 5.41) is 33.4. The van der Waals surface area contributed by atoms with Crippen LogP contribution in [0.3, 0.4) is 0 Å². The largest absolute Gasteiger partial charge is 0.465 e. The van der Waals surface area contributed by atoms with E-state index < -0.39 is 31.4 Å². The molecule has 0 fully saturated rings. The lowest BCUT2D eigenvalue weighted by Crippen LogP contribution is -2.46. The number of anilines is 1. The Morgan fingerprint density at radius 2 is 1.50 bits per heavy atom. The maximum Gasteiger partial charge on any atom is 0.408 e. The third kappa shape index (κ3) is 4.76. The molecule has 0 aliphatic heterocycles. The smallest absolute Gasteiger partial charge is 0.408 e. The summed E-state index contributed by atoms with van der Waals surface area (Å²) in [6.45, 7) is -1.13. The van der Waals surface area contributed by atoms with Crippen LogP contribution in [0.25, 0.3) is 22.2 Å². The van der Waals surface area contributed by atoms with E-state index in [-0.39, 0.29) is 17.6 Å². The highest BCUT2D eigenvalue weighted by Gasteiger charge is 2.38. The predicted octanol–water partition coefficient (Wildman–Crippen LogP) is 4.79. The lowest BCUT2D eigenvalue weighted by Gasteiger charge is -2.36. The van der Waals surface area contributed by atoms with E-state index in [9.17, 15) is 24.9 Å². The van der Waals surface area contributed by atoms with Gasteiger partial charge in [-0.3, -0.25) is 9.69 Å². The first-order chi connectivity index (χ1) is 20.5. The van der Waals surface area contributed by atoms with Crippen molar-refractivity contribution in [2.24, 2.45) is 0 Å². The van der Waals surface area contributed by atoms with Crippen molar-refractivity contribution < 1.29 is 24.9 Å². The number of rotatable bonds is 9. The normalized spacial score (nSPS) is 13.1. The number of fused-ring (bicyclic) bond motifs is 4. The Labute approximate surface area is 241 Å². The Morgan fingerprint density at radius 3 is 2.12 bits per heavy atom. The third-order valence-corrected chi connectivity index (χ3v) is 7.91. The molecule has 1 aliphatic rings. The first-order valence-electron chi connectivity index (χ1n) is 13.6. The third-order valence-electron chi connectivity index (χ3n) is 7.91. The van der Waals surface area contributed by atoms with Gasteiger partial charge in [-0.1, -0.05) is 66.7 Å². The van der Waals surface area contributed by atoms with Crippen LogP contribution in [0.1, 0.15) is 45.4 Å². The van der Waals surface area contributed by atoms with E-state index in [2.05, 4.69) is 32.4 Å². The Morgan fingerprint density at radius 1 is 0.881 bits per heavy atom. The highest BCUT2D eigenvalue weighted by molar-refractivity contribution is 6.07. The Balaban J connectivity index is 1.45. The molecule has 0 spiro atoms. The molecule has 1 aliphatic carbocycles. The van der Waals surface area contributed by atoms with Gasteiger partial charge in [-0.15, -0.1) is 0 Å². The SMILES string of the molecule is O=C(Nc1ncnc2c(C(CC3c4ccccc4-c4ccccc43)N(C(=O)O)C(CO)CO)c[nH]c12)c1ccccc1. The molecule has 1 atom stereocenters. The number of aromatic nitrogens is 3. The number of nitrogens with one attached hydrogen (secondary N) is 2. The van der Waals surface area contributed by atoms with Gasteiger partial charge in [-0.2, -0.15) is 0 Å². The standard InChI is InChI=1S/C32H29N5O5/c38-16-20(17-39)37(32(41)42)27(14-25-23-12-6-4-10-21(23)22-11-5-7-13-24(22)25)26-15-33-29-28(26)34-18-35-30(29)36-31(40)19-8-2-1-3-9-19/h1-13,15,18,20,25,27,33,38-39H,14,16-17H2,(H,41,42)(H,34,35,36,40). The van der Waals surface area contributed by atoms with Crippen molar-refractivity contribution in [3.8, 4) is 11.1 Å². The first kappa shape index (κ1) is 27.1. The second kappa shape index (κ2) is 11.4. The molecule has 0 saturated carbocycles. The zero-order chi connectivity index (χ0) is 29.2. The number of hydrogen-bond donors (Lipinski definition) is 5. The van der Waals surface area contributed by atoms with Gasteiger partial charge < -0.3 is 25.6 Å². The molecule has 5 N–H and O–H groups in total. The number of amides is 2. The molecule has 0 bridgehead atoms. The van der Waals surface area contributed by atoms with Crippen LogP contribution in [0.2, 0.25) is 0 Å². The van der Waals surface area contributed by atoms with Crippen LogP contribution >= 0.6 is 0 Å². The monoisotopic (exact) mass is 563 g/mol. The fraction of sp³-hybridized carbons (Fsp3) is 0.188. The number of benzene rings is 3. The summed E-state index contributed by atoms with van der Waals surface area (Å²) in [4.78, 5) is 38.7. The lowest BCUT2D eigenvalue weighted by molar-refractivity contribution is 0.0406. The summed E-state index contributed by atoms with van der Waals surface area (Å²) < 4.78 is 0. The number of aromatic amines is 1. The fourth-order valence-electron chi connectivity index (χ4n) is 5.98. The summed E-state index contributed by atoms with van der Waals surface area (Å²) >= 11 is 0. The number of carbonyl (C=O) groups is 2. The van der Waals surface area contributed by atoms with Crippen molar-refractivity contribution in [1.29, 1.82) is 0 Å². The Bertz CT molecular complexity index is 1710. The number of hydrogen-bond acceptors (Lipinski definition) is 6. The summed E-state index contributed by atoms with van der Waals surface area (Å²) in [6.07, 6.45) is 2.02. The van der Waals surface area contributed by atoms with Gasteiger partial charge in [0.2, 0.25) is 0 Å². The van der Waals surface area contributed by atoms with Crippen LogP contribution < -0.4 is 5.32 Å². The van der Waals surface area contributed by atoms with Crippen LogP contribution in [0.4, 0.5) is 10.6 Å². The molecule has 0 saturated heterocycles. The summed E-state index contributed by atoms with van der Waals surface area (Å²) in [5.74, 6) is -0.264. The molecule has 3 aromatic carbocycles. The van der Waals surface area contributed by atoms with Crippen molar-refractivity contribution in [3.63, 3.8) is 0 Å². The van der Waals surface area contributed by atoms with E-state index in [1.54, 1.807) is 30.5 Å². The van der Waals surface area contributed by atoms with Crippen LogP contribution in [-0.2, 0) is 0 Å². The van der Waals surface area contributed by atoms with Gasteiger partial charge in [0, 0.05) is 23.2 Å². The number of carboxylic acid groups (broad SMARTS) is 1. The number of nitrogens with zero attached hydrogens (tertiary/aromatic N) is 3. The predicted molar refractivity (Wildman–Crippen MR) is 157 cm³/mol. The minimum absolute atomic E-state index is 0.161. The highest BCUT2D eigenvalue weighted by atomic mass is 16.4. The summed E-state index contributed by atoms with van der Waals surface area (Å²) in [5.41, 5.74) is 6.19. The van der Waals surface area contributed by atoms with Crippen molar-refractivity contribution in [2.45, 2.75) is 24.4 Å².